The Morgan fingerprint density at radius 1 is 1.30 bits per heavy atom. The van der Waals surface area contributed by atoms with Crippen LogP contribution in [0.25, 0.3) is 0 Å². The molecule has 2 N–H and O–H groups in total. The number of amides is 1. The van der Waals surface area contributed by atoms with Crippen molar-refractivity contribution in [3.8, 4) is 0 Å². The number of aromatic nitrogens is 1. The van der Waals surface area contributed by atoms with Gasteiger partial charge in [-0.3, -0.25) is 19.7 Å². The molecule has 0 spiro atoms. The van der Waals surface area contributed by atoms with Crippen molar-refractivity contribution in [2.45, 2.75) is 33.2 Å². The molecule has 0 aromatic carbocycles. The lowest BCUT2D eigenvalue weighted by atomic mass is 10.1. The molecule has 1 aliphatic rings. The monoisotopic (exact) mass is 488 g/mol. The molecule has 1 aromatic heterocycles. The minimum absolute atomic E-state index is 0. The number of nitrogens with one attached hydrogen (secondary N) is 2. The molecular formula is C19H33IN6O. The summed E-state index contributed by atoms with van der Waals surface area (Å²) in [5.41, 5.74) is 2.53. The first kappa shape index (κ1) is 23.6. The summed E-state index contributed by atoms with van der Waals surface area (Å²) in [6, 6.07) is 2.26. The van der Waals surface area contributed by atoms with E-state index in [4.69, 9.17) is 0 Å². The Bertz CT molecular complexity index is 614. The summed E-state index contributed by atoms with van der Waals surface area (Å²) in [5.74, 6) is 1.03. The van der Waals surface area contributed by atoms with E-state index in [0.717, 1.165) is 45.1 Å². The van der Waals surface area contributed by atoms with Gasteiger partial charge in [0, 0.05) is 58.2 Å². The average molecular weight is 488 g/mol. The SMILES string of the molecule is CN=C(NCCc1ccncc1C)N1CCN(CC(=O)NC(C)C)CC1.I. The van der Waals surface area contributed by atoms with Crippen molar-refractivity contribution in [2.24, 2.45) is 4.99 Å². The van der Waals surface area contributed by atoms with Gasteiger partial charge in [0.2, 0.25) is 5.91 Å². The van der Waals surface area contributed by atoms with Gasteiger partial charge in [0.1, 0.15) is 0 Å². The molecule has 1 amide bonds. The number of pyridine rings is 1. The van der Waals surface area contributed by atoms with Gasteiger partial charge in [-0.15, -0.1) is 24.0 Å². The Balaban J connectivity index is 0.00000364. The van der Waals surface area contributed by atoms with Crippen molar-refractivity contribution in [1.82, 2.24) is 25.4 Å². The number of halogens is 1. The molecule has 7 nitrogen and oxygen atoms in total. The molecule has 1 aromatic rings. The molecule has 1 aliphatic heterocycles. The number of aliphatic imine (C=N–C) groups is 1. The van der Waals surface area contributed by atoms with E-state index in [1.54, 1.807) is 0 Å². The molecule has 152 valence electrons. The van der Waals surface area contributed by atoms with Crippen LogP contribution < -0.4 is 10.6 Å². The second-order valence-corrected chi connectivity index (χ2v) is 7.01. The van der Waals surface area contributed by atoms with Crippen LogP contribution >= 0.6 is 24.0 Å². The fourth-order valence-corrected chi connectivity index (χ4v) is 3.11. The smallest absolute Gasteiger partial charge is 0.234 e. The van der Waals surface area contributed by atoms with E-state index in [1.165, 1.54) is 11.1 Å². The molecule has 2 heterocycles. The Kier molecular flexibility index (Phi) is 10.6. The van der Waals surface area contributed by atoms with Crippen LogP contribution in [0.15, 0.2) is 23.5 Å². The number of aryl methyl sites for hydroxylation is 1. The summed E-state index contributed by atoms with van der Waals surface area (Å²) < 4.78 is 0. The van der Waals surface area contributed by atoms with Crippen LogP contribution in [0, 0.1) is 6.92 Å². The van der Waals surface area contributed by atoms with E-state index in [2.05, 4.69) is 43.4 Å². The number of hydrogen-bond acceptors (Lipinski definition) is 4. The molecule has 27 heavy (non-hydrogen) atoms. The Hall–Kier alpha value is -1.42. The van der Waals surface area contributed by atoms with Crippen molar-refractivity contribution in [2.75, 3.05) is 46.3 Å². The summed E-state index contributed by atoms with van der Waals surface area (Å²) in [7, 11) is 1.82. The van der Waals surface area contributed by atoms with E-state index < -0.39 is 0 Å². The molecule has 0 bridgehead atoms. The van der Waals surface area contributed by atoms with Crippen LogP contribution in [0.5, 0.6) is 0 Å². The van der Waals surface area contributed by atoms with Crippen LogP contribution in [0.3, 0.4) is 0 Å². The minimum atomic E-state index is 0. The molecule has 0 atom stereocenters. The van der Waals surface area contributed by atoms with Crippen molar-refractivity contribution < 1.29 is 4.79 Å². The lowest BCUT2D eigenvalue weighted by Gasteiger charge is -2.36. The van der Waals surface area contributed by atoms with Crippen molar-refractivity contribution >= 4 is 35.8 Å². The fourth-order valence-electron chi connectivity index (χ4n) is 3.11. The van der Waals surface area contributed by atoms with E-state index in [-0.39, 0.29) is 35.9 Å². The molecular weight excluding hydrogens is 455 g/mol. The summed E-state index contributed by atoms with van der Waals surface area (Å²) in [4.78, 5) is 24.9. The van der Waals surface area contributed by atoms with Gasteiger partial charge in [-0.05, 0) is 44.4 Å². The van der Waals surface area contributed by atoms with Gasteiger partial charge in [0.05, 0.1) is 6.54 Å². The third-order valence-electron chi connectivity index (χ3n) is 4.51. The largest absolute Gasteiger partial charge is 0.356 e. The topological polar surface area (TPSA) is 72.9 Å². The zero-order valence-corrected chi connectivity index (χ0v) is 19.2. The predicted octanol–water partition coefficient (Wildman–Crippen LogP) is 1.27. The van der Waals surface area contributed by atoms with Gasteiger partial charge in [0.15, 0.2) is 5.96 Å². The number of guanidine groups is 1. The average Bonchev–Trinajstić information content (AvgIpc) is 2.60. The van der Waals surface area contributed by atoms with Gasteiger partial charge in [0.25, 0.3) is 0 Å². The number of rotatable bonds is 6. The lowest BCUT2D eigenvalue weighted by Crippen LogP contribution is -2.54. The van der Waals surface area contributed by atoms with Gasteiger partial charge in [-0.2, -0.15) is 0 Å². The summed E-state index contributed by atoms with van der Waals surface area (Å²) in [6.07, 6.45) is 4.69. The minimum Gasteiger partial charge on any atom is -0.356 e. The summed E-state index contributed by atoms with van der Waals surface area (Å²) in [6.45, 7) is 10.9. The molecule has 0 unspecified atom stereocenters. The van der Waals surface area contributed by atoms with Gasteiger partial charge >= 0.3 is 0 Å². The third-order valence-corrected chi connectivity index (χ3v) is 4.51. The molecule has 1 fully saturated rings. The molecule has 0 aliphatic carbocycles. The maximum absolute atomic E-state index is 11.9. The Morgan fingerprint density at radius 2 is 2.00 bits per heavy atom. The standard InChI is InChI=1S/C19H32N6O.HI/c1-15(2)23-18(26)14-24-9-11-25(12-10-24)19(20-4)22-8-6-17-5-7-21-13-16(17)3;/h5,7,13,15H,6,8-12,14H2,1-4H3,(H,20,22)(H,23,26);1H. The first-order valence-electron chi connectivity index (χ1n) is 9.36. The second kappa shape index (κ2) is 12.1. The van der Waals surface area contributed by atoms with Crippen LogP contribution in [0.1, 0.15) is 25.0 Å². The molecule has 2 rings (SSSR count). The van der Waals surface area contributed by atoms with Gasteiger partial charge in [-0.25, -0.2) is 0 Å². The predicted molar refractivity (Wildman–Crippen MR) is 121 cm³/mol. The highest BCUT2D eigenvalue weighted by Gasteiger charge is 2.21. The van der Waals surface area contributed by atoms with Gasteiger partial charge < -0.3 is 15.5 Å². The maximum atomic E-state index is 11.9. The van der Waals surface area contributed by atoms with Gasteiger partial charge in [-0.1, -0.05) is 0 Å². The number of piperazine rings is 1. The first-order chi connectivity index (χ1) is 12.5. The fraction of sp³-hybridized carbons (Fsp3) is 0.632. The lowest BCUT2D eigenvalue weighted by molar-refractivity contribution is -0.123. The van der Waals surface area contributed by atoms with E-state index in [0.29, 0.717) is 6.54 Å². The number of nitrogens with zero attached hydrogens (tertiary/aromatic N) is 4. The molecule has 0 saturated carbocycles. The van der Waals surface area contributed by atoms with E-state index in [9.17, 15) is 4.79 Å². The van der Waals surface area contributed by atoms with E-state index in [1.807, 2.05) is 33.3 Å². The normalized spacial score (nSPS) is 15.4. The Morgan fingerprint density at radius 3 is 2.59 bits per heavy atom. The zero-order chi connectivity index (χ0) is 18.9. The van der Waals surface area contributed by atoms with Crippen LogP contribution in [0.2, 0.25) is 0 Å². The van der Waals surface area contributed by atoms with Crippen LogP contribution in [0.4, 0.5) is 0 Å². The third kappa shape index (κ3) is 8.00. The first-order valence-corrected chi connectivity index (χ1v) is 9.36. The quantitative estimate of drug-likeness (QED) is 0.359. The van der Waals surface area contributed by atoms with E-state index >= 15 is 0 Å². The highest BCUT2D eigenvalue weighted by molar-refractivity contribution is 14.0. The highest BCUT2D eigenvalue weighted by atomic mass is 127. The number of hydrogen-bond donors (Lipinski definition) is 2. The molecule has 0 radical (unpaired) electrons. The maximum Gasteiger partial charge on any atom is 0.234 e. The summed E-state index contributed by atoms with van der Waals surface area (Å²) >= 11 is 0. The number of carbonyl (C=O) groups is 1. The zero-order valence-electron chi connectivity index (χ0n) is 16.9. The van der Waals surface area contributed by atoms with Crippen molar-refractivity contribution in [1.29, 1.82) is 0 Å². The highest BCUT2D eigenvalue weighted by Crippen LogP contribution is 2.06. The van der Waals surface area contributed by atoms with Crippen molar-refractivity contribution in [3.05, 3.63) is 29.6 Å². The van der Waals surface area contributed by atoms with Crippen LogP contribution in [-0.2, 0) is 11.2 Å². The summed E-state index contributed by atoms with van der Waals surface area (Å²) in [5, 5.41) is 6.40. The Labute approximate surface area is 180 Å². The van der Waals surface area contributed by atoms with Crippen LogP contribution in [-0.4, -0.2) is 79.0 Å². The number of carbonyl (C=O) groups excluding carboxylic acids is 1. The van der Waals surface area contributed by atoms with Crippen molar-refractivity contribution in [3.63, 3.8) is 0 Å². The second-order valence-electron chi connectivity index (χ2n) is 7.01. The molecule has 1 saturated heterocycles. The molecule has 8 heteroatoms.